The molecule has 0 saturated heterocycles. The van der Waals surface area contributed by atoms with Gasteiger partial charge in [0.1, 0.15) is 5.82 Å². The van der Waals surface area contributed by atoms with Gasteiger partial charge in [0.2, 0.25) is 0 Å². The summed E-state index contributed by atoms with van der Waals surface area (Å²) in [6, 6.07) is 4.64. The van der Waals surface area contributed by atoms with Crippen LogP contribution in [-0.4, -0.2) is 23.2 Å². The Labute approximate surface area is 127 Å². The Morgan fingerprint density at radius 3 is 2.52 bits per heavy atom. The summed E-state index contributed by atoms with van der Waals surface area (Å²) < 4.78 is 38.6. The summed E-state index contributed by atoms with van der Waals surface area (Å²) in [5, 5.41) is 7.04. The van der Waals surface area contributed by atoms with Gasteiger partial charge >= 0.3 is 0 Å². The van der Waals surface area contributed by atoms with Gasteiger partial charge < -0.3 is 0 Å². The molecular formula is C13H15ClFN3O2S. The Hall–Kier alpha value is -1.47. The number of aromatic nitrogens is 3. The van der Waals surface area contributed by atoms with Crippen LogP contribution in [0.25, 0.3) is 11.4 Å². The molecule has 2 rings (SSSR count). The molecule has 0 aliphatic carbocycles. The van der Waals surface area contributed by atoms with Crippen LogP contribution in [0.4, 0.5) is 4.39 Å². The van der Waals surface area contributed by atoms with Gasteiger partial charge in [0.05, 0.1) is 5.56 Å². The zero-order valence-electron chi connectivity index (χ0n) is 11.8. The lowest BCUT2D eigenvalue weighted by atomic mass is 10.1. The van der Waals surface area contributed by atoms with Crippen LogP contribution in [0, 0.1) is 18.7 Å². The molecule has 0 unspecified atom stereocenters. The van der Waals surface area contributed by atoms with Crippen LogP contribution in [0.5, 0.6) is 0 Å². The maximum absolute atomic E-state index is 14.1. The van der Waals surface area contributed by atoms with Gasteiger partial charge in [-0.2, -0.15) is 0 Å². The van der Waals surface area contributed by atoms with E-state index in [0.29, 0.717) is 6.54 Å². The zero-order valence-corrected chi connectivity index (χ0v) is 13.4. The van der Waals surface area contributed by atoms with Crippen molar-refractivity contribution in [3.8, 4) is 11.4 Å². The van der Waals surface area contributed by atoms with Crippen molar-refractivity contribution in [3.05, 3.63) is 29.6 Å². The smallest absolute Gasteiger partial charge is 0.296 e. The van der Waals surface area contributed by atoms with E-state index < -0.39 is 14.9 Å². The van der Waals surface area contributed by atoms with Crippen molar-refractivity contribution < 1.29 is 12.8 Å². The van der Waals surface area contributed by atoms with E-state index in [0.717, 1.165) is 5.56 Å². The average molecular weight is 332 g/mol. The summed E-state index contributed by atoms with van der Waals surface area (Å²) in [4.78, 5) is 0. The second-order valence-corrected chi connectivity index (χ2v) is 7.69. The first kappa shape index (κ1) is 15.9. The minimum absolute atomic E-state index is 0.116. The van der Waals surface area contributed by atoms with Crippen molar-refractivity contribution in [2.45, 2.75) is 32.5 Å². The third-order valence-electron chi connectivity index (χ3n) is 2.85. The van der Waals surface area contributed by atoms with Gasteiger partial charge in [0, 0.05) is 17.2 Å². The minimum atomic E-state index is -4.05. The van der Waals surface area contributed by atoms with Crippen LogP contribution >= 0.6 is 10.7 Å². The summed E-state index contributed by atoms with van der Waals surface area (Å²) >= 11 is 0. The van der Waals surface area contributed by atoms with E-state index in [9.17, 15) is 12.8 Å². The van der Waals surface area contributed by atoms with Gasteiger partial charge in [-0.25, -0.2) is 12.8 Å². The summed E-state index contributed by atoms with van der Waals surface area (Å²) in [7, 11) is 1.32. The molecule has 1 heterocycles. The van der Waals surface area contributed by atoms with E-state index in [1.54, 1.807) is 19.1 Å². The van der Waals surface area contributed by atoms with E-state index in [2.05, 4.69) is 10.2 Å². The maximum atomic E-state index is 14.1. The standard InChI is InChI=1S/C13H15ClFN3O2S/c1-8(2)7-18-12(16-17-13(18)21(14,19)20)10-5-4-9(3)6-11(10)15/h4-6,8H,7H2,1-3H3. The molecule has 1 aromatic heterocycles. The molecule has 21 heavy (non-hydrogen) atoms. The molecule has 0 saturated carbocycles. The van der Waals surface area contributed by atoms with Gasteiger partial charge in [-0.1, -0.05) is 19.9 Å². The largest absolute Gasteiger partial charge is 0.296 e. The van der Waals surface area contributed by atoms with Crippen molar-refractivity contribution in [3.63, 3.8) is 0 Å². The Balaban J connectivity index is 2.66. The second kappa shape index (κ2) is 5.73. The van der Waals surface area contributed by atoms with E-state index >= 15 is 0 Å². The quantitative estimate of drug-likeness (QED) is 0.808. The number of hydrogen-bond donors (Lipinski definition) is 0. The molecule has 0 N–H and O–H groups in total. The fraction of sp³-hybridized carbons (Fsp3) is 0.385. The molecule has 1 aromatic carbocycles. The number of rotatable bonds is 4. The van der Waals surface area contributed by atoms with Crippen LogP contribution < -0.4 is 0 Å². The highest BCUT2D eigenvalue weighted by Gasteiger charge is 2.25. The molecule has 0 radical (unpaired) electrons. The molecule has 0 bridgehead atoms. The number of aryl methyl sites for hydroxylation is 1. The highest BCUT2D eigenvalue weighted by atomic mass is 35.7. The average Bonchev–Trinajstić information content (AvgIpc) is 2.71. The van der Waals surface area contributed by atoms with Gasteiger partial charge in [-0.15, -0.1) is 10.2 Å². The Kier molecular flexibility index (Phi) is 4.34. The van der Waals surface area contributed by atoms with E-state index in [-0.39, 0.29) is 22.5 Å². The molecule has 0 spiro atoms. The van der Waals surface area contributed by atoms with Crippen LogP contribution in [0.2, 0.25) is 0 Å². The van der Waals surface area contributed by atoms with Crippen molar-refractivity contribution in [1.82, 2.24) is 14.8 Å². The first-order chi connectivity index (χ1) is 9.70. The molecule has 8 heteroatoms. The van der Waals surface area contributed by atoms with Crippen LogP contribution in [0.15, 0.2) is 23.4 Å². The third kappa shape index (κ3) is 3.41. The molecule has 2 aromatic rings. The van der Waals surface area contributed by atoms with Crippen molar-refractivity contribution in [2.24, 2.45) is 5.92 Å². The first-order valence-electron chi connectivity index (χ1n) is 6.34. The summed E-state index contributed by atoms with van der Waals surface area (Å²) in [5.41, 5.74) is 0.955. The monoisotopic (exact) mass is 331 g/mol. The summed E-state index contributed by atoms with van der Waals surface area (Å²) in [5.74, 6) is -0.211. The lowest BCUT2D eigenvalue weighted by Crippen LogP contribution is -2.12. The predicted octanol–water partition coefficient (Wildman–Crippen LogP) is 2.98. The van der Waals surface area contributed by atoms with Gasteiger partial charge in [0.25, 0.3) is 14.2 Å². The zero-order chi connectivity index (χ0) is 15.8. The van der Waals surface area contributed by atoms with Crippen LogP contribution in [0.3, 0.4) is 0 Å². The van der Waals surface area contributed by atoms with Crippen LogP contribution in [-0.2, 0) is 15.6 Å². The highest BCUT2D eigenvalue weighted by molar-refractivity contribution is 8.13. The topological polar surface area (TPSA) is 64.8 Å². The summed E-state index contributed by atoms with van der Waals surface area (Å²) in [6.07, 6.45) is 0. The number of benzene rings is 1. The third-order valence-corrected chi connectivity index (χ3v) is 4.00. The van der Waals surface area contributed by atoms with Crippen molar-refractivity contribution >= 4 is 19.7 Å². The van der Waals surface area contributed by atoms with E-state index in [1.807, 2.05) is 13.8 Å². The first-order valence-corrected chi connectivity index (χ1v) is 8.65. The van der Waals surface area contributed by atoms with Gasteiger partial charge in [-0.05, 0) is 30.5 Å². The van der Waals surface area contributed by atoms with Crippen molar-refractivity contribution in [2.75, 3.05) is 0 Å². The number of nitrogens with zero attached hydrogens (tertiary/aromatic N) is 3. The molecular weight excluding hydrogens is 317 g/mol. The summed E-state index contributed by atoms with van der Waals surface area (Å²) in [6.45, 7) is 5.89. The van der Waals surface area contributed by atoms with E-state index in [4.69, 9.17) is 10.7 Å². The molecule has 0 amide bonds. The fourth-order valence-corrected chi connectivity index (χ4v) is 2.90. The lowest BCUT2D eigenvalue weighted by Gasteiger charge is -2.12. The van der Waals surface area contributed by atoms with Gasteiger partial charge in [0.15, 0.2) is 5.82 Å². The van der Waals surface area contributed by atoms with E-state index in [1.165, 1.54) is 10.6 Å². The number of halogens is 2. The molecule has 5 nitrogen and oxygen atoms in total. The Bertz CT molecular complexity index is 772. The van der Waals surface area contributed by atoms with Crippen LogP contribution in [0.1, 0.15) is 19.4 Å². The number of hydrogen-bond acceptors (Lipinski definition) is 4. The Morgan fingerprint density at radius 2 is 2.00 bits per heavy atom. The molecule has 0 fully saturated rings. The highest BCUT2D eigenvalue weighted by Crippen LogP contribution is 2.26. The van der Waals surface area contributed by atoms with Gasteiger partial charge in [-0.3, -0.25) is 4.57 Å². The molecule has 0 aliphatic rings. The van der Waals surface area contributed by atoms with Crippen molar-refractivity contribution in [1.29, 1.82) is 0 Å². The Morgan fingerprint density at radius 1 is 1.33 bits per heavy atom. The second-order valence-electron chi connectivity index (χ2n) is 5.23. The molecule has 114 valence electrons. The molecule has 0 aliphatic heterocycles. The minimum Gasteiger partial charge on any atom is -0.296 e. The molecule has 0 atom stereocenters. The fourth-order valence-electron chi connectivity index (χ4n) is 2.00. The lowest BCUT2D eigenvalue weighted by molar-refractivity contribution is 0.487. The predicted molar refractivity (Wildman–Crippen MR) is 78.0 cm³/mol. The normalized spacial score (nSPS) is 12.1. The SMILES string of the molecule is Cc1ccc(-c2nnc(S(=O)(=O)Cl)n2CC(C)C)c(F)c1. The maximum Gasteiger partial charge on any atom is 0.296 e.